The number of fused-ring (bicyclic) bond motifs is 1. The zero-order chi connectivity index (χ0) is 12.6. The van der Waals surface area contributed by atoms with Crippen molar-refractivity contribution in [1.82, 2.24) is 4.90 Å². The first kappa shape index (κ1) is 13.4. The first-order chi connectivity index (χ1) is 7.91. The van der Waals surface area contributed by atoms with E-state index in [-0.39, 0.29) is 5.31 Å². The zero-order valence-corrected chi connectivity index (χ0v) is 12.2. The highest BCUT2D eigenvalue weighted by atomic mass is 32.1. The first-order valence-corrected chi connectivity index (χ1v) is 7.41. The molecule has 0 aromatic carbocycles. The smallest absolute Gasteiger partial charge is 0.0815 e. The normalized spacial score (nSPS) is 39.1. The summed E-state index contributed by atoms with van der Waals surface area (Å²) >= 11 is 5.72. The summed E-state index contributed by atoms with van der Waals surface area (Å²) in [6.07, 6.45) is 6.07. The van der Waals surface area contributed by atoms with E-state index in [9.17, 15) is 0 Å². The molecule has 3 heteroatoms. The van der Waals surface area contributed by atoms with Crippen molar-refractivity contribution >= 4 is 25.1 Å². The Balaban J connectivity index is 2.12. The second-order valence-electron chi connectivity index (χ2n) is 6.53. The Kier molecular flexibility index (Phi) is 3.87. The minimum Gasteiger partial charge on any atom is -0.363 e. The van der Waals surface area contributed by atoms with Gasteiger partial charge in [-0.2, -0.15) is 0 Å². The van der Waals surface area contributed by atoms with E-state index in [1.807, 2.05) is 0 Å². The van der Waals surface area contributed by atoms with Crippen molar-refractivity contribution < 1.29 is 0 Å². The fourth-order valence-corrected chi connectivity index (χ4v) is 4.19. The summed E-state index contributed by atoms with van der Waals surface area (Å²) in [5.41, 5.74) is 0. The van der Waals surface area contributed by atoms with Crippen LogP contribution in [-0.4, -0.2) is 30.3 Å². The maximum absolute atomic E-state index is 6.37. The molecule has 2 rings (SSSR count). The highest BCUT2D eigenvalue weighted by Gasteiger charge is 2.38. The molecule has 3 atom stereocenters. The van der Waals surface area contributed by atoms with E-state index in [2.05, 4.69) is 25.7 Å². The van der Waals surface area contributed by atoms with Crippen molar-refractivity contribution in [3.63, 3.8) is 0 Å². The van der Waals surface area contributed by atoms with Crippen molar-refractivity contribution in [3.8, 4) is 0 Å². The summed E-state index contributed by atoms with van der Waals surface area (Å²) in [5, 5.41) is 0.0367. The average Bonchev–Trinajstić information content (AvgIpc) is 2.35. The van der Waals surface area contributed by atoms with Gasteiger partial charge in [0, 0.05) is 18.5 Å². The Hall–Kier alpha value is -0.0451. The molecule has 1 aliphatic carbocycles. The molecular weight excluding hydrogens is 225 g/mol. The van der Waals surface area contributed by atoms with Gasteiger partial charge in [-0.1, -0.05) is 43.7 Å². The molecule has 0 amide bonds. The van der Waals surface area contributed by atoms with Gasteiger partial charge in [-0.05, 0) is 32.6 Å². The predicted octanol–water partition coefficient (Wildman–Crippen LogP) is 3.58. The summed E-state index contributed by atoms with van der Waals surface area (Å²) in [7, 11) is 6.37. The molecular formula is C14H24BNS. The molecule has 1 nitrogen and oxygen atoms in total. The number of nitrogens with zero attached hydrogens (tertiary/aromatic N) is 1. The lowest BCUT2D eigenvalue weighted by atomic mass is 9.62. The van der Waals surface area contributed by atoms with Gasteiger partial charge in [-0.3, -0.25) is 0 Å². The number of hydrogen-bond donors (Lipinski definition) is 0. The molecule has 1 heterocycles. The maximum atomic E-state index is 6.37. The fraction of sp³-hybridized carbons (Fsp3) is 0.929. The fourth-order valence-electron chi connectivity index (χ4n) is 3.57. The first-order valence-electron chi connectivity index (χ1n) is 7.00. The third-order valence-electron chi connectivity index (χ3n) is 4.52. The number of hydrogen-bond acceptors (Lipinski definition) is 1. The van der Waals surface area contributed by atoms with Gasteiger partial charge in [0.2, 0.25) is 0 Å². The van der Waals surface area contributed by atoms with E-state index in [1.54, 1.807) is 0 Å². The highest BCUT2D eigenvalue weighted by molar-refractivity contribution is 7.80. The van der Waals surface area contributed by atoms with Crippen molar-refractivity contribution in [1.29, 1.82) is 0 Å². The largest absolute Gasteiger partial charge is 0.363 e. The van der Waals surface area contributed by atoms with Crippen LogP contribution >= 0.6 is 12.2 Å². The average molecular weight is 249 g/mol. The van der Waals surface area contributed by atoms with Crippen LogP contribution in [0.4, 0.5) is 0 Å². The van der Waals surface area contributed by atoms with Crippen LogP contribution in [0.1, 0.15) is 52.9 Å². The molecule has 0 N–H and O–H groups in total. The summed E-state index contributed by atoms with van der Waals surface area (Å²) in [6.45, 7) is 7.84. The summed E-state index contributed by atoms with van der Waals surface area (Å²) < 4.78 is 0. The highest BCUT2D eigenvalue weighted by Crippen LogP contribution is 2.46. The van der Waals surface area contributed by atoms with Gasteiger partial charge in [0.25, 0.3) is 0 Å². The zero-order valence-electron chi connectivity index (χ0n) is 11.4. The third kappa shape index (κ3) is 2.86. The lowest BCUT2D eigenvalue weighted by Gasteiger charge is -2.43. The van der Waals surface area contributed by atoms with Crippen LogP contribution in [0.25, 0.3) is 0 Å². The third-order valence-corrected chi connectivity index (χ3v) is 5.06. The molecule has 1 saturated carbocycles. The molecule has 1 saturated heterocycles. The molecule has 0 spiro atoms. The molecule has 0 aromatic rings. The lowest BCUT2D eigenvalue weighted by Crippen LogP contribution is -2.47. The molecule has 94 valence electrons. The minimum atomic E-state index is 0.0367. The predicted molar refractivity (Wildman–Crippen MR) is 78.6 cm³/mol. The Morgan fingerprint density at radius 1 is 1.41 bits per heavy atom. The Morgan fingerprint density at radius 2 is 2.12 bits per heavy atom. The van der Waals surface area contributed by atoms with Gasteiger partial charge in [0.1, 0.15) is 0 Å². The van der Waals surface area contributed by atoms with E-state index in [0.717, 1.165) is 25.3 Å². The number of likely N-dealkylation sites (tertiary alicyclic amines) is 1. The summed E-state index contributed by atoms with van der Waals surface area (Å²) in [6, 6.07) is 0.552. The summed E-state index contributed by atoms with van der Waals surface area (Å²) in [5.74, 6) is 1.35. The van der Waals surface area contributed by atoms with Gasteiger partial charge in [-0.15, -0.1) is 0 Å². The standard InChI is InChI=1S/C14H24BNS/c1-10(2)16-8-6-11-9-14(3,15)7-4-5-12(11)13(16)17/h10-12H,4-9H2,1-3H3. The molecule has 2 aliphatic rings. The van der Waals surface area contributed by atoms with Crippen molar-refractivity contribution in [2.45, 2.75) is 64.2 Å². The van der Waals surface area contributed by atoms with Gasteiger partial charge in [-0.25, -0.2) is 0 Å². The van der Waals surface area contributed by atoms with E-state index >= 15 is 0 Å². The lowest BCUT2D eigenvalue weighted by molar-refractivity contribution is 0.218. The van der Waals surface area contributed by atoms with Crippen LogP contribution < -0.4 is 0 Å². The van der Waals surface area contributed by atoms with Crippen LogP contribution in [-0.2, 0) is 0 Å². The molecule has 2 radical (unpaired) electrons. The second kappa shape index (κ2) is 4.91. The van der Waals surface area contributed by atoms with Crippen molar-refractivity contribution in [2.24, 2.45) is 11.8 Å². The maximum Gasteiger partial charge on any atom is 0.0815 e. The number of rotatable bonds is 1. The number of thiocarbonyl (C=S) groups is 1. The molecule has 0 bridgehead atoms. The molecule has 3 unspecified atom stereocenters. The molecule has 17 heavy (non-hydrogen) atoms. The van der Waals surface area contributed by atoms with E-state index < -0.39 is 0 Å². The Morgan fingerprint density at radius 3 is 2.76 bits per heavy atom. The minimum absolute atomic E-state index is 0.0367. The van der Waals surface area contributed by atoms with E-state index in [1.165, 1.54) is 24.3 Å². The van der Waals surface area contributed by atoms with Crippen LogP contribution in [0, 0.1) is 11.8 Å². The quantitative estimate of drug-likeness (QED) is 0.516. The van der Waals surface area contributed by atoms with Crippen LogP contribution in [0.2, 0.25) is 5.31 Å². The van der Waals surface area contributed by atoms with Gasteiger partial charge < -0.3 is 4.90 Å². The Bertz CT molecular complexity index is 301. The second-order valence-corrected chi connectivity index (χ2v) is 6.95. The SMILES string of the molecule is [B]C1(C)CCCC2C(=S)N(C(C)C)CCC2C1. The Labute approximate surface area is 113 Å². The van der Waals surface area contributed by atoms with Crippen molar-refractivity contribution in [2.75, 3.05) is 6.54 Å². The summed E-state index contributed by atoms with van der Waals surface area (Å²) in [4.78, 5) is 3.64. The van der Waals surface area contributed by atoms with E-state index in [0.29, 0.717) is 12.0 Å². The van der Waals surface area contributed by atoms with Gasteiger partial charge in [0.05, 0.1) is 12.8 Å². The van der Waals surface area contributed by atoms with Crippen LogP contribution in [0.5, 0.6) is 0 Å². The van der Waals surface area contributed by atoms with Crippen LogP contribution in [0.3, 0.4) is 0 Å². The molecule has 0 aromatic heterocycles. The van der Waals surface area contributed by atoms with Crippen LogP contribution in [0.15, 0.2) is 0 Å². The molecule has 2 fully saturated rings. The monoisotopic (exact) mass is 249 g/mol. The number of piperidine rings is 1. The van der Waals surface area contributed by atoms with Gasteiger partial charge >= 0.3 is 0 Å². The molecule has 1 aliphatic heterocycles. The topological polar surface area (TPSA) is 3.24 Å². The van der Waals surface area contributed by atoms with Gasteiger partial charge in [0.15, 0.2) is 0 Å². The van der Waals surface area contributed by atoms with E-state index in [4.69, 9.17) is 20.1 Å². The van der Waals surface area contributed by atoms with Crippen molar-refractivity contribution in [3.05, 3.63) is 0 Å².